The molecule has 0 spiro atoms. The lowest BCUT2D eigenvalue weighted by atomic mass is 10.2. The second-order valence-corrected chi connectivity index (χ2v) is 5.82. The number of thioether (sulfide) groups is 1. The minimum atomic E-state index is -0.852. The number of rotatable bonds is 3. The van der Waals surface area contributed by atoms with Crippen LogP contribution in [0.25, 0.3) is 0 Å². The molecule has 0 bridgehead atoms. The minimum Gasteiger partial charge on any atom is -0.503 e. The maximum atomic E-state index is 10.9. The van der Waals surface area contributed by atoms with E-state index in [1.165, 1.54) is 18.9 Å². The molecule has 0 aromatic heterocycles. The Labute approximate surface area is 117 Å². The van der Waals surface area contributed by atoms with Gasteiger partial charge in [-0.25, -0.2) is 0 Å². The van der Waals surface area contributed by atoms with Gasteiger partial charge in [-0.3, -0.25) is 10.1 Å². The van der Waals surface area contributed by atoms with Crippen LogP contribution in [0.5, 0.6) is 11.5 Å². The van der Waals surface area contributed by atoms with Crippen LogP contribution in [-0.2, 0) is 4.79 Å². The molecule has 1 aromatic rings. The Morgan fingerprint density at radius 3 is 2.89 bits per heavy atom. The third-order valence-corrected chi connectivity index (χ3v) is 4.53. The highest BCUT2D eigenvalue weighted by molar-refractivity contribution is 9.10. The predicted octanol–water partition coefficient (Wildman–Crippen LogP) is 1.95. The highest BCUT2D eigenvalue weighted by atomic mass is 79.9. The van der Waals surface area contributed by atoms with Crippen LogP contribution in [0.3, 0.4) is 0 Å². The van der Waals surface area contributed by atoms with Crippen LogP contribution in [0, 0.1) is 0 Å². The largest absolute Gasteiger partial charge is 0.503 e. The van der Waals surface area contributed by atoms with Gasteiger partial charge >= 0.3 is 5.97 Å². The van der Waals surface area contributed by atoms with Gasteiger partial charge in [0.2, 0.25) is 0 Å². The van der Waals surface area contributed by atoms with Crippen molar-refractivity contribution < 1.29 is 19.7 Å². The van der Waals surface area contributed by atoms with Crippen LogP contribution < -0.4 is 10.1 Å². The third kappa shape index (κ3) is 2.57. The van der Waals surface area contributed by atoms with E-state index in [1.54, 1.807) is 12.1 Å². The number of halogens is 1. The molecule has 1 aromatic carbocycles. The maximum Gasteiger partial charge on any atom is 0.321 e. The molecule has 0 aliphatic carbocycles. The molecular weight excluding hydrogens is 322 g/mol. The first-order chi connectivity index (χ1) is 8.52. The second-order valence-electron chi connectivity index (χ2n) is 3.82. The van der Waals surface area contributed by atoms with Crippen molar-refractivity contribution in [2.24, 2.45) is 0 Å². The summed E-state index contributed by atoms with van der Waals surface area (Å²) in [5, 5.41) is 21.5. The fourth-order valence-electron chi connectivity index (χ4n) is 1.71. The number of hydrogen-bond acceptors (Lipinski definition) is 5. The Bertz CT molecular complexity index is 482. The Morgan fingerprint density at radius 2 is 2.33 bits per heavy atom. The lowest BCUT2D eigenvalue weighted by molar-refractivity contribution is -0.138. The molecule has 1 heterocycles. The maximum absolute atomic E-state index is 10.9. The van der Waals surface area contributed by atoms with Crippen molar-refractivity contribution in [3.05, 3.63) is 22.2 Å². The monoisotopic (exact) mass is 333 g/mol. The molecule has 1 aliphatic rings. The fourth-order valence-corrected chi connectivity index (χ4v) is 3.38. The van der Waals surface area contributed by atoms with Gasteiger partial charge in [-0.2, -0.15) is 0 Å². The number of aliphatic carboxylic acids is 1. The number of benzene rings is 1. The van der Waals surface area contributed by atoms with E-state index < -0.39 is 12.0 Å². The first-order valence-corrected chi connectivity index (χ1v) is 7.04. The molecule has 98 valence electrons. The van der Waals surface area contributed by atoms with Gasteiger partial charge < -0.3 is 14.9 Å². The summed E-state index contributed by atoms with van der Waals surface area (Å²) in [6, 6.07) is 2.92. The molecule has 1 unspecified atom stereocenters. The van der Waals surface area contributed by atoms with Crippen LogP contribution in [0.2, 0.25) is 0 Å². The lowest BCUT2D eigenvalue weighted by Gasteiger charge is -2.14. The smallest absolute Gasteiger partial charge is 0.321 e. The van der Waals surface area contributed by atoms with Gasteiger partial charge in [0.15, 0.2) is 11.5 Å². The number of ether oxygens (including phenoxy) is 1. The van der Waals surface area contributed by atoms with Crippen molar-refractivity contribution in [3.8, 4) is 11.5 Å². The number of phenols is 1. The van der Waals surface area contributed by atoms with Crippen LogP contribution >= 0.6 is 27.7 Å². The zero-order valence-electron chi connectivity index (χ0n) is 9.51. The highest BCUT2D eigenvalue weighted by Crippen LogP contribution is 2.41. The second kappa shape index (κ2) is 5.38. The number of carboxylic acids is 1. The summed E-state index contributed by atoms with van der Waals surface area (Å²) in [5.41, 5.74) is 0.866. The van der Waals surface area contributed by atoms with E-state index in [2.05, 4.69) is 21.2 Å². The van der Waals surface area contributed by atoms with Gasteiger partial charge in [-0.15, -0.1) is 11.8 Å². The summed E-state index contributed by atoms with van der Waals surface area (Å²) in [6.07, 6.45) is 0. The number of aromatic hydroxyl groups is 1. The van der Waals surface area contributed by atoms with Crippen molar-refractivity contribution in [3.63, 3.8) is 0 Å². The van der Waals surface area contributed by atoms with Crippen LogP contribution in [0.4, 0.5) is 0 Å². The number of methoxy groups -OCH3 is 1. The quantitative estimate of drug-likeness (QED) is 0.784. The van der Waals surface area contributed by atoms with Gasteiger partial charge in [-0.1, -0.05) is 0 Å². The summed E-state index contributed by atoms with van der Waals surface area (Å²) >= 11 is 4.76. The van der Waals surface area contributed by atoms with Crippen molar-refractivity contribution >= 4 is 33.7 Å². The lowest BCUT2D eigenvalue weighted by Crippen LogP contribution is -2.33. The van der Waals surface area contributed by atoms with Crippen molar-refractivity contribution in [1.82, 2.24) is 5.32 Å². The van der Waals surface area contributed by atoms with Crippen molar-refractivity contribution in [1.29, 1.82) is 0 Å². The van der Waals surface area contributed by atoms with Crippen LogP contribution in [0.15, 0.2) is 16.6 Å². The molecule has 18 heavy (non-hydrogen) atoms. The minimum absolute atomic E-state index is 0.0408. The fraction of sp³-hybridized carbons (Fsp3) is 0.364. The first kappa shape index (κ1) is 13.5. The average molecular weight is 334 g/mol. The van der Waals surface area contributed by atoms with E-state index in [0.29, 0.717) is 16.0 Å². The molecule has 0 radical (unpaired) electrons. The normalized spacial score (nSPS) is 23.0. The van der Waals surface area contributed by atoms with E-state index in [0.717, 1.165) is 5.56 Å². The van der Waals surface area contributed by atoms with E-state index in [9.17, 15) is 9.90 Å². The SMILES string of the molecule is COc1cc(C2N[C@@H](C(=O)O)CS2)cc(Br)c1O. The summed E-state index contributed by atoms with van der Waals surface area (Å²) < 4.78 is 5.59. The topological polar surface area (TPSA) is 78.8 Å². The first-order valence-electron chi connectivity index (χ1n) is 5.19. The highest BCUT2D eigenvalue weighted by Gasteiger charge is 2.31. The summed E-state index contributed by atoms with van der Waals surface area (Å²) in [6.45, 7) is 0. The number of hydrogen-bond donors (Lipinski definition) is 3. The standard InChI is InChI=1S/C11H12BrNO4S/c1-17-8-3-5(2-6(12)9(8)14)10-13-7(4-18-10)11(15)16/h2-3,7,10,13-14H,4H2,1H3,(H,15,16)/t7-,10?/m1/s1. The van der Waals surface area contributed by atoms with E-state index >= 15 is 0 Å². The number of phenolic OH excluding ortho intramolecular Hbond substituents is 1. The van der Waals surface area contributed by atoms with Gasteiger partial charge in [0.1, 0.15) is 6.04 Å². The molecule has 0 amide bonds. The molecule has 2 rings (SSSR count). The Kier molecular flexibility index (Phi) is 4.04. The molecule has 7 heteroatoms. The predicted molar refractivity (Wildman–Crippen MR) is 72.1 cm³/mol. The Morgan fingerprint density at radius 1 is 1.61 bits per heavy atom. The van der Waals surface area contributed by atoms with Crippen molar-refractivity contribution in [2.75, 3.05) is 12.9 Å². The Hall–Kier alpha value is -0.920. The number of nitrogens with one attached hydrogen (secondary N) is 1. The molecular formula is C11H12BrNO4S. The zero-order chi connectivity index (χ0) is 13.3. The van der Waals surface area contributed by atoms with Gasteiger partial charge in [-0.05, 0) is 33.6 Å². The molecule has 0 saturated carbocycles. The summed E-state index contributed by atoms with van der Waals surface area (Å²) in [5.74, 6) is 0.0651. The molecule has 1 saturated heterocycles. The van der Waals surface area contributed by atoms with Gasteiger partial charge in [0.05, 0.1) is 17.0 Å². The molecule has 1 fully saturated rings. The van der Waals surface area contributed by atoms with Gasteiger partial charge in [0, 0.05) is 5.75 Å². The van der Waals surface area contributed by atoms with Gasteiger partial charge in [0.25, 0.3) is 0 Å². The van der Waals surface area contributed by atoms with E-state index in [-0.39, 0.29) is 11.1 Å². The molecule has 1 aliphatic heterocycles. The average Bonchev–Trinajstić information content (AvgIpc) is 2.82. The van der Waals surface area contributed by atoms with E-state index in [1.807, 2.05) is 0 Å². The third-order valence-electron chi connectivity index (χ3n) is 2.65. The number of carboxylic acid groups (broad SMARTS) is 1. The van der Waals surface area contributed by atoms with Crippen LogP contribution in [0.1, 0.15) is 10.9 Å². The van der Waals surface area contributed by atoms with Crippen molar-refractivity contribution in [2.45, 2.75) is 11.4 Å². The molecule has 5 nitrogen and oxygen atoms in total. The Balaban J connectivity index is 2.25. The summed E-state index contributed by atoms with van der Waals surface area (Å²) in [7, 11) is 1.47. The van der Waals surface area contributed by atoms with Crippen LogP contribution in [-0.4, -0.2) is 35.1 Å². The molecule has 3 N–H and O–H groups in total. The summed E-state index contributed by atoms with van der Waals surface area (Å²) in [4.78, 5) is 10.9. The number of carbonyl (C=O) groups is 1. The van der Waals surface area contributed by atoms with E-state index in [4.69, 9.17) is 9.84 Å². The molecule has 2 atom stereocenters. The zero-order valence-corrected chi connectivity index (χ0v) is 11.9.